The molecule has 0 saturated carbocycles. The Morgan fingerprint density at radius 3 is 3.05 bits per heavy atom. The molecule has 2 aromatic rings. The van der Waals surface area contributed by atoms with Crippen molar-refractivity contribution in [2.45, 2.75) is 32.2 Å². The van der Waals surface area contributed by atoms with E-state index < -0.39 is 0 Å². The van der Waals surface area contributed by atoms with Crippen LogP contribution in [0.3, 0.4) is 0 Å². The zero-order valence-corrected chi connectivity index (χ0v) is 11.3. The van der Waals surface area contributed by atoms with Crippen molar-refractivity contribution in [3.8, 4) is 11.3 Å². The molecule has 19 heavy (non-hydrogen) atoms. The van der Waals surface area contributed by atoms with Gasteiger partial charge in [-0.15, -0.1) is 0 Å². The maximum absolute atomic E-state index is 4.43. The van der Waals surface area contributed by atoms with Gasteiger partial charge >= 0.3 is 0 Å². The van der Waals surface area contributed by atoms with Crippen molar-refractivity contribution in [2.24, 2.45) is 0 Å². The summed E-state index contributed by atoms with van der Waals surface area (Å²) in [6.45, 7) is 3.29. The Bertz CT molecular complexity index is 551. The fourth-order valence-electron chi connectivity index (χ4n) is 2.86. The summed E-state index contributed by atoms with van der Waals surface area (Å²) >= 11 is 0. The molecule has 3 nitrogen and oxygen atoms in total. The van der Waals surface area contributed by atoms with Crippen molar-refractivity contribution < 1.29 is 0 Å². The number of aromatic nitrogens is 2. The average Bonchev–Trinajstić information content (AvgIpc) is 2.89. The number of fused-ring (bicyclic) bond motifs is 1. The van der Waals surface area contributed by atoms with Crippen molar-refractivity contribution in [3.05, 3.63) is 47.9 Å². The summed E-state index contributed by atoms with van der Waals surface area (Å²) in [4.78, 5) is 8.61. The van der Waals surface area contributed by atoms with Crippen LogP contribution < -0.4 is 5.32 Å². The average molecular weight is 253 g/mol. The molecule has 0 aliphatic heterocycles. The summed E-state index contributed by atoms with van der Waals surface area (Å²) in [7, 11) is 0. The van der Waals surface area contributed by atoms with Gasteiger partial charge in [0.1, 0.15) is 0 Å². The quantitative estimate of drug-likeness (QED) is 0.909. The SMILES string of the molecule is CCCNC1CCc2c(-c3cnccn3)cccc21. The van der Waals surface area contributed by atoms with Crippen molar-refractivity contribution in [1.82, 2.24) is 15.3 Å². The summed E-state index contributed by atoms with van der Waals surface area (Å²) in [6.07, 6.45) is 8.82. The topological polar surface area (TPSA) is 37.8 Å². The second-order valence-corrected chi connectivity index (χ2v) is 5.01. The maximum Gasteiger partial charge on any atom is 0.0888 e. The highest BCUT2D eigenvalue weighted by atomic mass is 14.9. The molecular weight excluding hydrogens is 234 g/mol. The van der Waals surface area contributed by atoms with E-state index in [2.05, 4.69) is 40.4 Å². The highest BCUT2D eigenvalue weighted by Gasteiger charge is 2.24. The number of hydrogen-bond acceptors (Lipinski definition) is 3. The van der Waals surface area contributed by atoms with Gasteiger partial charge in [-0.25, -0.2) is 0 Å². The minimum atomic E-state index is 0.506. The molecular formula is C16H19N3. The van der Waals surface area contributed by atoms with Crippen molar-refractivity contribution in [3.63, 3.8) is 0 Å². The molecule has 0 amide bonds. The molecule has 1 unspecified atom stereocenters. The predicted molar refractivity (Wildman–Crippen MR) is 76.8 cm³/mol. The lowest BCUT2D eigenvalue weighted by Gasteiger charge is -2.14. The Morgan fingerprint density at radius 2 is 2.26 bits per heavy atom. The van der Waals surface area contributed by atoms with Crippen LogP contribution in [0.1, 0.15) is 36.9 Å². The molecule has 1 aromatic heterocycles. The third-order valence-electron chi connectivity index (χ3n) is 3.75. The van der Waals surface area contributed by atoms with Gasteiger partial charge in [0.2, 0.25) is 0 Å². The van der Waals surface area contributed by atoms with Crippen molar-refractivity contribution in [1.29, 1.82) is 0 Å². The van der Waals surface area contributed by atoms with Gasteiger partial charge in [-0.1, -0.05) is 25.1 Å². The number of hydrogen-bond donors (Lipinski definition) is 1. The minimum absolute atomic E-state index is 0.506. The number of rotatable bonds is 4. The molecule has 1 atom stereocenters. The van der Waals surface area contributed by atoms with E-state index in [0.29, 0.717) is 6.04 Å². The lowest BCUT2D eigenvalue weighted by molar-refractivity contribution is 0.529. The Kier molecular flexibility index (Phi) is 3.56. The van der Waals surface area contributed by atoms with Gasteiger partial charge in [0.15, 0.2) is 0 Å². The molecule has 0 fully saturated rings. The largest absolute Gasteiger partial charge is 0.310 e. The molecule has 1 N–H and O–H groups in total. The third-order valence-corrected chi connectivity index (χ3v) is 3.75. The van der Waals surface area contributed by atoms with Crippen LogP contribution in [0.2, 0.25) is 0 Å². The van der Waals surface area contributed by atoms with Gasteiger partial charge < -0.3 is 5.32 Å². The van der Waals surface area contributed by atoms with Crippen LogP contribution in [0.5, 0.6) is 0 Å². The van der Waals surface area contributed by atoms with E-state index >= 15 is 0 Å². The van der Waals surface area contributed by atoms with Crippen LogP contribution >= 0.6 is 0 Å². The lowest BCUT2D eigenvalue weighted by atomic mass is 10.00. The fourth-order valence-corrected chi connectivity index (χ4v) is 2.86. The molecule has 0 saturated heterocycles. The van der Waals surface area contributed by atoms with Crippen molar-refractivity contribution >= 4 is 0 Å². The van der Waals surface area contributed by atoms with Crippen LogP contribution in [-0.2, 0) is 6.42 Å². The van der Waals surface area contributed by atoms with Crippen LogP contribution in [0.4, 0.5) is 0 Å². The summed E-state index contributed by atoms with van der Waals surface area (Å²) in [5, 5.41) is 3.63. The second-order valence-electron chi connectivity index (χ2n) is 5.01. The molecule has 1 aliphatic rings. The Morgan fingerprint density at radius 1 is 1.32 bits per heavy atom. The number of benzene rings is 1. The van der Waals surface area contributed by atoms with Crippen LogP contribution in [-0.4, -0.2) is 16.5 Å². The molecule has 0 radical (unpaired) electrons. The van der Waals surface area contributed by atoms with Crippen LogP contribution in [0.15, 0.2) is 36.8 Å². The lowest BCUT2D eigenvalue weighted by Crippen LogP contribution is -2.19. The van der Waals surface area contributed by atoms with E-state index in [4.69, 9.17) is 0 Å². The van der Waals surface area contributed by atoms with E-state index in [9.17, 15) is 0 Å². The molecule has 0 bridgehead atoms. The zero-order chi connectivity index (χ0) is 13.1. The summed E-state index contributed by atoms with van der Waals surface area (Å²) < 4.78 is 0. The molecule has 98 valence electrons. The minimum Gasteiger partial charge on any atom is -0.310 e. The van der Waals surface area contributed by atoms with Gasteiger partial charge in [0, 0.05) is 24.0 Å². The third kappa shape index (κ3) is 2.38. The van der Waals surface area contributed by atoms with Gasteiger partial charge in [-0.05, 0) is 36.9 Å². The first-order chi connectivity index (χ1) is 9.40. The van der Waals surface area contributed by atoms with Gasteiger partial charge in [0.05, 0.1) is 11.9 Å². The Labute approximate surface area is 114 Å². The standard InChI is InChI=1S/C16H19N3/c1-2-8-18-15-7-6-12-13(15)4-3-5-14(12)16-11-17-9-10-19-16/h3-5,9-11,15,18H,2,6-8H2,1H3. The Hall–Kier alpha value is -1.74. The molecule has 0 spiro atoms. The first-order valence-electron chi connectivity index (χ1n) is 7.01. The van der Waals surface area contributed by atoms with Gasteiger partial charge in [-0.2, -0.15) is 0 Å². The van der Waals surface area contributed by atoms with Gasteiger partial charge in [-0.3, -0.25) is 9.97 Å². The molecule has 3 heteroatoms. The Balaban J connectivity index is 1.95. The normalized spacial score (nSPS) is 17.4. The smallest absolute Gasteiger partial charge is 0.0888 e. The molecule has 1 heterocycles. The fraction of sp³-hybridized carbons (Fsp3) is 0.375. The summed E-state index contributed by atoms with van der Waals surface area (Å²) in [6, 6.07) is 7.04. The van der Waals surface area contributed by atoms with E-state index in [0.717, 1.165) is 18.7 Å². The molecule has 1 aromatic carbocycles. The summed E-state index contributed by atoms with van der Waals surface area (Å²) in [5.41, 5.74) is 5.11. The van der Waals surface area contributed by atoms with E-state index in [1.165, 1.54) is 29.5 Å². The number of nitrogens with one attached hydrogen (secondary N) is 1. The van der Waals surface area contributed by atoms with E-state index in [1.54, 1.807) is 12.4 Å². The highest BCUT2D eigenvalue weighted by molar-refractivity contribution is 5.66. The maximum atomic E-state index is 4.43. The van der Waals surface area contributed by atoms with Crippen molar-refractivity contribution in [2.75, 3.05) is 6.54 Å². The predicted octanol–water partition coefficient (Wildman–Crippen LogP) is 3.13. The van der Waals surface area contributed by atoms with Crippen LogP contribution in [0.25, 0.3) is 11.3 Å². The first-order valence-corrected chi connectivity index (χ1v) is 7.01. The van der Waals surface area contributed by atoms with E-state index in [1.807, 2.05) is 6.20 Å². The van der Waals surface area contributed by atoms with E-state index in [-0.39, 0.29) is 0 Å². The number of nitrogens with zero attached hydrogens (tertiary/aromatic N) is 2. The zero-order valence-electron chi connectivity index (χ0n) is 11.3. The molecule has 3 rings (SSSR count). The monoisotopic (exact) mass is 253 g/mol. The van der Waals surface area contributed by atoms with Gasteiger partial charge in [0.25, 0.3) is 0 Å². The molecule has 1 aliphatic carbocycles. The van der Waals surface area contributed by atoms with Crippen LogP contribution in [0, 0.1) is 0 Å². The second kappa shape index (κ2) is 5.49. The highest BCUT2D eigenvalue weighted by Crippen LogP contribution is 2.36. The summed E-state index contributed by atoms with van der Waals surface area (Å²) in [5.74, 6) is 0. The first kappa shape index (κ1) is 12.3.